The van der Waals surface area contributed by atoms with Crippen molar-refractivity contribution in [1.82, 2.24) is 9.88 Å². The number of aliphatic carboxylic acids is 1. The molecule has 1 saturated carbocycles. The molecule has 1 aromatic heterocycles. The molecule has 0 amide bonds. The van der Waals surface area contributed by atoms with Gasteiger partial charge in [0.15, 0.2) is 35.0 Å². The normalized spacial score (nSPS) is 25.3. The number of aromatic nitrogens is 1. The Balaban J connectivity index is 0.000000158. The van der Waals surface area contributed by atoms with Crippen LogP contribution in [0.15, 0.2) is 77.2 Å². The number of hydrogen-bond donors (Lipinski definition) is 2. The van der Waals surface area contributed by atoms with Crippen molar-refractivity contribution < 1.29 is 33.7 Å². The molecule has 2 aliphatic carbocycles. The summed E-state index contributed by atoms with van der Waals surface area (Å²) in [5, 5.41) is 20.6. The second kappa shape index (κ2) is 12.6. The fourth-order valence-corrected chi connectivity index (χ4v) is 7.95. The molecule has 9 nitrogen and oxygen atoms in total. The van der Waals surface area contributed by atoms with E-state index < -0.39 is 23.1 Å². The number of carboxylic acids is 1. The minimum absolute atomic E-state index is 0. The number of nitrogens with zero attached hydrogens (tertiary/aromatic N) is 2. The number of oxazole rings is 1. The van der Waals surface area contributed by atoms with E-state index in [9.17, 15) is 14.7 Å². The fourth-order valence-electron chi connectivity index (χ4n) is 7.95. The van der Waals surface area contributed by atoms with Gasteiger partial charge in [0.05, 0.1) is 24.5 Å². The van der Waals surface area contributed by atoms with Crippen LogP contribution < -0.4 is 9.47 Å². The molecule has 1 saturated heterocycles. The van der Waals surface area contributed by atoms with Crippen LogP contribution in [0.3, 0.4) is 0 Å². The maximum atomic E-state index is 12.7. The number of piperidine rings is 1. The van der Waals surface area contributed by atoms with Gasteiger partial charge in [-0.1, -0.05) is 66.7 Å². The first-order chi connectivity index (χ1) is 21.8. The van der Waals surface area contributed by atoms with Crippen molar-refractivity contribution in [2.75, 3.05) is 20.7 Å². The van der Waals surface area contributed by atoms with Crippen molar-refractivity contribution >= 4 is 41.3 Å². The van der Waals surface area contributed by atoms with Crippen molar-refractivity contribution in [3.63, 3.8) is 0 Å². The molecule has 1 spiro atoms. The van der Waals surface area contributed by atoms with Crippen LogP contribution >= 0.6 is 0 Å². The molecule has 2 aliphatic heterocycles. The first kappa shape index (κ1) is 32.5. The maximum absolute atomic E-state index is 12.7. The van der Waals surface area contributed by atoms with E-state index in [-0.39, 0.29) is 54.2 Å². The van der Waals surface area contributed by atoms with Crippen LogP contribution in [-0.2, 0) is 27.8 Å². The van der Waals surface area contributed by atoms with Gasteiger partial charge in [-0.15, -0.1) is 0 Å². The molecule has 8 rings (SSSR count). The Hall–Kier alpha value is -3.47. The fraction of sp³-hybridized carbons (Fsp3) is 0.361. The summed E-state index contributed by atoms with van der Waals surface area (Å²) in [5.41, 5.74) is 3.36. The summed E-state index contributed by atoms with van der Waals surface area (Å²) < 4.78 is 17.5. The van der Waals surface area contributed by atoms with Crippen molar-refractivity contribution in [3.05, 3.63) is 89.8 Å². The number of methoxy groups -OCH3 is 1. The van der Waals surface area contributed by atoms with Gasteiger partial charge in [0.2, 0.25) is 0 Å². The second-order valence-corrected chi connectivity index (χ2v) is 12.4. The monoisotopic (exact) mass is 632 g/mol. The third kappa shape index (κ3) is 5.09. The average Bonchev–Trinajstić information content (AvgIpc) is 3.65. The topological polar surface area (TPSA) is 122 Å². The molecule has 0 radical (unpaired) electrons. The van der Waals surface area contributed by atoms with E-state index in [0.717, 1.165) is 41.8 Å². The molecule has 234 valence electrons. The Labute approximate surface area is 289 Å². The van der Waals surface area contributed by atoms with E-state index in [4.69, 9.17) is 19.0 Å². The molecule has 46 heavy (non-hydrogen) atoms. The number of aryl methyl sites for hydroxylation is 1. The number of hydrogen-bond acceptors (Lipinski definition) is 8. The summed E-state index contributed by atoms with van der Waals surface area (Å²) >= 11 is 0. The molecule has 2 fully saturated rings. The van der Waals surface area contributed by atoms with Crippen LogP contribution in [0, 0.1) is 0 Å². The van der Waals surface area contributed by atoms with Gasteiger partial charge in [-0.05, 0) is 44.5 Å². The third-order valence-electron chi connectivity index (χ3n) is 10.0. The molecule has 4 aromatic rings. The zero-order valence-electron chi connectivity index (χ0n) is 25.4. The van der Waals surface area contributed by atoms with Gasteiger partial charge in [0, 0.05) is 35.6 Å². The van der Waals surface area contributed by atoms with E-state index in [1.807, 2.05) is 66.7 Å². The summed E-state index contributed by atoms with van der Waals surface area (Å²) in [6, 6.07) is 23.5. The number of carbonyl (C=O) groups excluding carboxylic acids is 1. The van der Waals surface area contributed by atoms with Crippen molar-refractivity contribution in [2.24, 2.45) is 0 Å². The summed E-state index contributed by atoms with van der Waals surface area (Å²) in [5.74, 6) is 1.73. The number of carboxylic acid groups (broad SMARTS) is 1. The van der Waals surface area contributed by atoms with Crippen LogP contribution in [-0.4, -0.2) is 99.9 Å². The third-order valence-corrected chi connectivity index (χ3v) is 10.0. The summed E-state index contributed by atoms with van der Waals surface area (Å²) in [7, 11) is 3.70. The summed E-state index contributed by atoms with van der Waals surface area (Å²) in [6.07, 6.45) is 2.18. The van der Waals surface area contributed by atoms with Gasteiger partial charge in [0.25, 0.3) is 0 Å². The number of ether oxygens (including phenoxy) is 2. The molecule has 3 heterocycles. The van der Waals surface area contributed by atoms with E-state index in [0.29, 0.717) is 36.0 Å². The van der Waals surface area contributed by atoms with Gasteiger partial charge in [-0.25, -0.2) is 4.98 Å². The quantitative estimate of drug-likeness (QED) is 0.298. The number of benzene rings is 3. The van der Waals surface area contributed by atoms with Crippen molar-refractivity contribution in [2.45, 2.75) is 61.7 Å². The molecule has 0 unspecified atom stereocenters. The number of aliphatic hydroxyl groups is 1. The second-order valence-electron chi connectivity index (χ2n) is 12.4. The van der Waals surface area contributed by atoms with Crippen molar-refractivity contribution in [1.29, 1.82) is 0 Å². The Morgan fingerprint density at radius 1 is 1.04 bits per heavy atom. The first-order valence-corrected chi connectivity index (χ1v) is 15.4. The molecule has 2 N–H and O–H groups in total. The molecule has 2 bridgehead atoms. The molecule has 3 aromatic carbocycles. The van der Waals surface area contributed by atoms with Gasteiger partial charge in [-0.2, -0.15) is 0 Å². The number of Topliss-reactive ketones (excluding diaryl/α,β-unsaturated/α-hetero) is 1. The van der Waals surface area contributed by atoms with E-state index in [1.165, 1.54) is 5.56 Å². The number of carbonyl (C=O) groups is 2. The zero-order valence-corrected chi connectivity index (χ0v) is 25.4. The predicted octanol–water partition coefficient (Wildman–Crippen LogP) is 4.43. The van der Waals surface area contributed by atoms with Gasteiger partial charge < -0.3 is 29.0 Å². The van der Waals surface area contributed by atoms with Crippen LogP contribution in [0.25, 0.3) is 22.6 Å². The molecule has 4 aliphatic rings. The molecular formula is C36H37N2NaO7. The first-order valence-electron chi connectivity index (χ1n) is 15.4. The standard InChI is InChI=1S/C18H21NO4.C18H15NO3.Na.H/c1-19-8-7-17-14-10-3-4-12(22-2)15(14)23-16(17)11(20)5-6-18(17,21)13(19)9-10;20-16(21)12-11-15-19-17(13-7-3-1-4-8-13)18(22-15)14-9-5-2-6-10-14;;/h3-4,13,16,21H,5-9H2,1-2H3;1-10H,11-12H2,(H,20,21);;/t13-,16+,17+,18-;;;/m1.../s1. The van der Waals surface area contributed by atoms with Crippen LogP contribution in [0.5, 0.6) is 11.5 Å². The van der Waals surface area contributed by atoms with E-state index in [2.05, 4.69) is 23.0 Å². The number of likely N-dealkylation sites (tertiary alicyclic amines) is 1. The Morgan fingerprint density at radius 2 is 1.74 bits per heavy atom. The van der Waals surface area contributed by atoms with Gasteiger partial charge in [0.1, 0.15) is 5.69 Å². The van der Waals surface area contributed by atoms with Crippen LogP contribution in [0.1, 0.15) is 42.7 Å². The van der Waals surface area contributed by atoms with Crippen LogP contribution in [0.2, 0.25) is 0 Å². The molecular weight excluding hydrogens is 595 g/mol. The van der Waals surface area contributed by atoms with Crippen LogP contribution in [0.4, 0.5) is 0 Å². The zero-order chi connectivity index (χ0) is 31.3. The van der Waals surface area contributed by atoms with Gasteiger partial charge >= 0.3 is 35.5 Å². The molecule has 4 atom stereocenters. The van der Waals surface area contributed by atoms with Gasteiger partial charge in [-0.3, -0.25) is 9.59 Å². The Bertz CT molecular complexity index is 1700. The molecule has 10 heteroatoms. The summed E-state index contributed by atoms with van der Waals surface area (Å²) in [6.45, 7) is 0.871. The Kier molecular flexibility index (Phi) is 8.91. The predicted molar refractivity (Wildman–Crippen MR) is 173 cm³/mol. The van der Waals surface area contributed by atoms with E-state index >= 15 is 0 Å². The Morgan fingerprint density at radius 3 is 2.41 bits per heavy atom. The minimum atomic E-state index is -0.900. The number of ketones is 1. The number of rotatable bonds is 6. The summed E-state index contributed by atoms with van der Waals surface area (Å²) in [4.78, 5) is 30.1. The van der Waals surface area contributed by atoms with E-state index in [1.54, 1.807) is 7.11 Å². The SMILES string of the molecule is COc1ccc2c3c1O[C@H]1C(=O)CC[C@@]4(O)[C@@H](C2)N(C)CC[C@]314.O=C(O)CCc1nc(-c2ccccc2)c(-c2ccccc2)o1.[NaH]. The average molecular weight is 633 g/mol. The van der Waals surface area contributed by atoms with Crippen molar-refractivity contribution in [3.8, 4) is 34.1 Å². The number of likely N-dealkylation sites (N-methyl/N-ethyl adjacent to an activating group) is 1.